The Morgan fingerprint density at radius 3 is 2.54 bits per heavy atom. The first-order chi connectivity index (χ1) is 11.4. The molecule has 0 saturated carbocycles. The lowest BCUT2D eigenvalue weighted by molar-refractivity contribution is 0.599. The van der Waals surface area contributed by atoms with Gasteiger partial charge in [0.15, 0.2) is 0 Å². The van der Waals surface area contributed by atoms with Crippen LogP contribution in [-0.2, 0) is 10.0 Å². The van der Waals surface area contributed by atoms with E-state index in [0.717, 1.165) is 23.9 Å². The highest BCUT2D eigenvalue weighted by atomic mass is 35.5. The molecule has 124 valence electrons. The van der Waals surface area contributed by atoms with Crippen LogP contribution in [0, 0.1) is 12.7 Å². The van der Waals surface area contributed by atoms with Crippen molar-refractivity contribution in [3.8, 4) is 5.69 Å². The van der Waals surface area contributed by atoms with E-state index in [1.165, 1.54) is 6.20 Å². The van der Waals surface area contributed by atoms with Crippen LogP contribution < -0.4 is 4.72 Å². The van der Waals surface area contributed by atoms with Gasteiger partial charge in [0, 0.05) is 0 Å². The Balaban J connectivity index is 1.95. The van der Waals surface area contributed by atoms with Crippen LogP contribution in [0.4, 0.5) is 10.1 Å². The summed E-state index contributed by atoms with van der Waals surface area (Å²) in [6.45, 7) is 1.74. The molecule has 1 heterocycles. The molecule has 0 aliphatic rings. The van der Waals surface area contributed by atoms with Crippen LogP contribution in [0.2, 0.25) is 5.02 Å². The first-order valence-corrected chi connectivity index (χ1v) is 8.82. The van der Waals surface area contributed by atoms with Gasteiger partial charge in [-0.05, 0) is 37.3 Å². The molecule has 24 heavy (non-hydrogen) atoms. The fourth-order valence-corrected chi connectivity index (χ4v) is 3.87. The van der Waals surface area contributed by atoms with E-state index in [1.807, 2.05) is 30.3 Å². The average Bonchev–Trinajstić information content (AvgIpc) is 2.88. The van der Waals surface area contributed by atoms with Crippen molar-refractivity contribution in [3.05, 3.63) is 71.3 Å². The van der Waals surface area contributed by atoms with Gasteiger partial charge in [-0.25, -0.2) is 17.5 Å². The van der Waals surface area contributed by atoms with Crippen molar-refractivity contribution in [2.24, 2.45) is 0 Å². The van der Waals surface area contributed by atoms with Crippen LogP contribution >= 0.6 is 11.6 Å². The molecule has 3 rings (SSSR count). The Morgan fingerprint density at radius 1 is 1.17 bits per heavy atom. The van der Waals surface area contributed by atoms with Crippen molar-refractivity contribution in [2.45, 2.75) is 11.8 Å². The summed E-state index contributed by atoms with van der Waals surface area (Å²) in [6, 6.07) is 12.4. The number of nitrogens with one attached hydrogen (secondary N) is 1. The van der Waals surface area contributed by atoms with Crippen molar-refractivity contribution in [2.75, 3.05) is 4.72 Å². The second-order valence-electron chi connectivity index (χ2n) is 5.07. The number of benzene rings is 2. The minimum absolute atomic E-state index is 0.185. The van der Waals surface area contributed by atoms with Gasteiger partial charge < -0.3 is 0 Å². The largest absolute Gasteiger partial charge is 0.276 e. The second-order valence-corrected chi connectivity index (χ2v) is 7.13. The molecule has 0 saturated heterocycles. The van der Waals surface area contributed by atoms with Crippen LogP contribution in [0.15, 0.2) is 59.6 Å². The summed E-state index contributed by atoms with van der Waals surface area (Å²) < 4.78 is 42.1. The quantitative estimate of drug-likeness (QED) is 0.765. The zero-order valence-corrected chi connectivity index (χ0v) is 14.1. The standard InChI is InChI=1S/C16H13ClFN3O2S/c1-11-15(10-19-21(11)13-5-3-2-4-6-13)20-24(22,23)16-8-7-12(18)9-14(16)17/h2-10,20H,1H3. The van der Waals surface area contributed by atoms with E-state index < -0.39 is 15.8 Å². The Labute approximate surface area is 143 Å². The summed E-state index contributed by atoms with van der Waals surface area (Å²) in [5.74, 6) is -0.605. The molecule has 1 N–H and O–H groups in total. The molecule has 0 aliphatic carbocycles. The first-order valence-electron chi connectivity index (χ1n) is 6.96. The fraction of sp³-hybridized carbons (Fsp3) is 0.0625. The van der Waals surface area contributed by atoms with E-state index >= 15 is 0 Å². The van der Waals surface area contributed by atoms with Crippen molar-refractivity contribution >= 4 is 27.3 Å². The van der Waals surface area contributed by atoms with Crippen LogP contribution in [0.5, 0.6) is 0 Å². The van der Waals surface area contributed by atoms with Crippen LogP contribution in [0.25, 0.3) is 5.69 Å². The highest BCUT2D eigenvalue weighted by molar-refractivity contribution is 7.92. The molecule has 0 fully saturated rings. The van der Waals surface area contributed by atoms with E-state index in [9.17, 15) is 12.8 Å². The third-order valence-corrected chi connectivity index (χ3v) is 5.29. The maximum absolute atomic E-state index is 13.1. The molecule has 0 bridgehead atoms. The van der Waals surface area contributed by atoms with Crippen LogP contribution in [-0.4, -0.2) is 18.2 Å². The predicted molar refractivity (Wildman–Crippen MR) is 90.5 cm³/mol. The molecule has 0 aliphatic heterocycles. The molecule has 3 aromatic rings. The molecule has 0 radical (unpaired) electrons. The van der Waals surface area contributed by atoms with Gasteiger partial charge in [-0.2, -0.15) is 5.10 Å². The van der Waals surface area contributed by atoms with Crippen LogP contribution in [0.3, 0.4) is 0 Å². The molecular formula is C16H13ClFN3O2S. The number of hydrogen-bond donors (Lipinski definition) is 1. The normalized spacial score (nSPS) is 11.5. The number of rotatable bonds is 4. The highest BCUT2D eigenvalue weighted by Gasteiger charge is 2.21. The third-order valence-electron chi connectivity index (χ3n) is 3.44. The molecule has 5 nitrogen and oxygen atoms in total. The topological polar surface area (TPSA) is 64.0 Å². The van der Waals surface area contributed by atoms with E-state index in [2.05, 4.69) is 9.82 Å². The lowest BCUT2D eigenvalue weighted by Crippen LogP contribution is -2.14. The van der Waals surface area contributed by atoms with Gasteiger partial charge in [-0.3, -0.25) is 4.72 Å². The molecule has 0 unspecified atom stereocenters. The minimum atomic E-state index is -3.95. The summed E-state index contributed by atoms with van der Waals surface area (Å²) in [5.41, 5.74) is 1.74. The zero-order chi connectivity index (χ0) is 17.3. The molecule has 0 amide bonds. The van der Waals surface area contributed by atoms with Crippen LogP contribution in [0.1, 0.15) is 5.69 Å². The molecule has 1 aromatic heterocycles. The Morgan fingerprint density at radius 2 is 1.88 bits per heavy atom. The number of anilines is 1. The van der Waals surface area contributed by atoms with Gasteiger partial charge in [0.25, 0.3) is 10.0 Å². The summed E-state index contributed by atoms with van der Waals surface area (Å²) in [5, 5.41) is 4.01. The SMILES string of the molecule is Cc1c(NS(=O)(=O)c2ccc(F)cc2Cl)cnn1-c1ccccc1. The van der Waals surface area contributed by atoms with Crippen molar-refractivity contribution < 1.29 is 12.8 Å². The molecular weight excluding hydrogens is 353 g/mol. The number of halogens is 2. The van der Waals surface area contributed by atoms with Gasteiger partial charge in [-0.15, -0.1) is 0 Å². The summed E-state index contributed by atoms with van der Waals surface area (Å²) >= 11 is 5.84. The van der Waals surface area contributed by atoms with Crippen molar-refractivity contribution in [1.29, 1.82) is 0 Å². The van der Waals surface area contributed by atoms with Gasteiger partial charge in [0.2, 0.25) is 0 Å². The van der Waals surface area contributed by atoms with Crippen molar-refractivity contribution in [1.82, 2.24) is 9.78 Å². The Bertz CT molecular complexity index is 988. The highest BCUT2D eigenvalue weighted by Crippen LogP contribution is 2.26. The smallest absolute Gasteiger partial charge is 0.263 e. The molecule has 0 spiro atoms. The van der Waals surface area contributed by atoms with Gasteiger partial charge in [0.1, 0.15) is 10.7 Å². The Kier molecular flexibility index (Phi) is 4.29. The lowest BCUT2D eigenvalue weighted by atomic mass is 10.3. The maximum Gasteiger partial charge on any atom is 0.263 e. The fourth-order valence-electron chi connectivity index (χ4n) is 2.23. The third kappa shape index (κ3) is 3.13. The molecule has 8 heteroatoms. The maximum atomic E-state index is 13.1. The number of sulfonamides is 1. The minimum Gasteiger partial charge on any atom is -0.276 e. The number of para-hydroxylation sites is 1. The Hall–Kier alpha value is -2.38. The van der Waals surface area contributed by atoms with E-state index in [0.29, 0.717) is 11.4 Å². The second kappa shape index (κ2) is 6.26. The summed E-state index contributed by atoms with van der Waals surface area (Å²) in [7, 11) is -3.95. The monoisotopic (exact) mass is 365 g/mol. The number of nitrogens with zero attached hydrogens (tertiary/aromatic N) is 2. The predicted octanol–water partition coefficient (Wildman–Crippen LogP) is 3.77. The van der Waals surface area contributed by atoms with Gasteiger partial charge in [0.05, 0.1) is 28.3 Å². The van der Waals surface area contributed by atoms with E-state index in [1.54, 1.807) is 11.6 Å². The summed E-state index contributed by atoms with van der Waals surface area (Å²) in [6.07, 6.45) is 1.41. The summed E-state index contributed by atoms with van der Waals surface area (Å²) in [4.78, 5) is -0.197. The van der Waals surface area contributed by atoms with Gasteiger partial charge in [-0.1, -0.05) is 29.8 Å². The number of aromatic nitrogens is 2. The van der Waals surface area contributed by atoms with Crippen molar-refractivity contribution in [3.63, 3.8) is 0 Å². The number of hydrogen-bond acceptors (Lipinski definition) is 3. The van der Waals surface area contributed by atoms with E-state index in [-0.39, 0.29) is 9.92 Å². The molecule has 2 aromatic carbocycles. The van der Waals surface area contributed by atoms with Gasteiger partial charge >= 0.3 is 0 Å². The zero-order valence-electron chi connectivity index (χ0n) is 12.6. The molecule has 0 atom stereocenters. The van der Waals surface area contributed by atoms with E-state index in [4.69, 9.17) is 11.6 Å². The average molecular weight is 366 g/mol. The first kappa shape index (κ1) is 16.5. The lowest BCUT2D eigenvalue weighted by Gasteiger charge is -2.10.